The van der Waals surface area contributed by atoms with E-state index in [1.165, 1.54) is 18.3 Å². The molecule has 18 heavy (non-hydrogen) atoms. The number of benzene rings is 1. The molecule has 0 aliphatic rings. The quantitative estimate of drug-likeness (QED) is 0.784. The van der Waals surface area contributed by atoms with Gasteiger partial charge in [-0.3, -0.25) is 5.10 Å². The van der Waals surface area contributed by atoms with Crippen LogP contribution in [0.1, 0.15) is 5.56 Å². The molecule has 0 aliphatic heterocycles. The van der Waals surface area contributed by atoms with E-state index in [4.69, 9.17) is 5.73 Å². The molecule has 2 aromatic rings. The highest BCUT2D eigenvalue weighted by Gasteiger charge is 2.14. The van der Waals surface area contributed by atoms with Gasteiger partial charge in [-0.25, -0.2) is 13.1 Å². The summed E-state index contributed by atoms with van der Waals surface area (Å²) in [5.41, 5.74) is 6.18. The predicted octanol–water partition coefficient (Wildman–Crippen LogP) is 1.23. The number of hydrogen-bond donors (Lipinski definition) is 3. The summed E-state index contributed by atoms with van der Waals surface area (Å²) in [5.74, 6) is 0.355. The van der Waals surface area contributed by atoms with Crippen molar-refractivity contribution in [2.24, 2.45) is 0 Å². The third-order valence-electron chi connectivity index (χ3n) is 2.33. The molecule has 2 rings (SSSR count). The van der Waals surface area contributed by atoms with Crippen molar-refractivity contribution in [1.29, 1.82) is 0 Å². The molecule has 0 amide bonds. The van der Waals surface area contributed by atoms with Crippen LogP contribution in [0.3, 0.4) is 0 Å². The fourth-order valence-electron chi connectivity index (χ4n) is 1.33. The van der Waals surface area contributed by atoms with Crippen LogP contribution in [0.25, 0.3) is 0 Å². The number of aromatic nitrogens is 2. The molecule has 0 atom stereocenters. The molecule has 0 fully saturated rings. The number of rotatable bonds is 4. The highest BCUT2D eigenvalue weighted by Crippen LogP contribution is 2.15. The summed E-state index contributed by atoms with van der Waals surface area (Å²) in [4.78, 5) is 0.202. The second kappa shape index (κ2) is 5.09. The zero-order valence-corrected chi connectivity index (χ0v) is 11.6. The number of halogens is 1. The number of anilines is 1. The highest BCUT2D eigenvalue weighted by atomic mass is 79.9. The number of nitrogens with one attached hydrogen (secondary N) is 2. The monoisotopic (exact) mass is 330 g/mol. The average molecular weight is 331 g/mol. The molecule has 0 spiro atoms. The maximum absolute atomic E-state index is 12.0. The van der Waals surface area contributed by atoms with Crippen molar-refractivity contribution in [2.45, 2.75) is 11.4 Å². The zero-order chi connectivity index (χ0) is 13.2. The van der Waals surface area contributed by atoms with E-state index in [-0.39, 0.29) is 11.4 Å². The average Bonchev–Trinajstić information content (AvgIpc) is 2.73. The lowest BCUT2D eigenvalue weighted by atomic mass is 10.3. The maximum atomic E-state index is 12.0. The van der Waals surface area contributed by atoms with Gasteiger partial charge in [0.2, 0.25) is 10.0 Å². The molecule has 0 saturated carbocycles. The molecule has 96 valence electrons. The standard InChI is InChI=1S/C10H11BrN4O2S/c11-8-1-3-9(4-2-8)18(16,17)14-6-7-5-13-15-10(7)12/h1-5,14H,6H2,(H3,12,13,15). The van der Waals surface area contributed by atoms with E-state index in [0.717, 1.165) is 4.47 Å². The van der Waals surface area contributed by atoms with Crippen molar-refractivity contribution in [3.05, 3.63) is 40.5 Å². The Morgan fingerprint density at radius 1 is 1.33 bits per heavy atom. The van der Waals surface area contributed by atoms with E-state index in [2.05, 4.69) is 30.8 Å². The number of nitrogens with zero attached hydrogens (tertiary/aromatic N) is 1. The minimum absolute atomic E-state index is 0.0979. The van der Waals surface area contributed by atoms with Gasteiger partial charge in [0.1, 0.15) is 5.82 Å². The van der Waals surface area contributed by atoms with Gasteiger partial charge < -0.3 is 5.73 Å². The Balaban J connectivity index is 2.13. The number of hydrogen-bond acceptors (Lipinski definition) is 4. The fraction of sp³-hybridized carbons (Fsp3) is 0.100. The van der Waals surface area contributed by atoms with E-state index in [1.807, 2.05) is 0 Å². The molecule has 4 N–H and O–H groups in total. The van der Waals surface area contributed by atoms with Crippen LogP contribution < -0.4 is 10.5 Å². The predicted molar refractivity (Wildman–Crippen MR) is 71.2 cm³/mol. The number of sulfonamides is 1. The first-order chi connectivity index (χ1) is 8.49. The van der Waals surface area contributed by atoms with Crippen molar-refractivity contribution in [3.8, 4) is 0 Å². The van der Waals surface area contributed by atoms with Gasteiger partial charge in [0, 0.05) is 16.6 Å². The van der Waals surface area contributed by atoms with Crippen LogP contribution in [0.5, 0.6) is 0 Å². The maximum Gasteiger partial charge on any atom is 0.240 e. The third-order valence-corrected chi connectivity index (χ3v) is 4.27. The van der Waals surface area contributed by atoms with Crippen molar-refractivity contribution in [1.82, 2.24) is 14.9 Å². The molecule has 1 heterocycles. The Morgan fingerprint density at radius 3 is 2.56 bits per heavy atom. The lowest BCUT2D eigenvalue weighted by Crippen LogP contribution is -2.23. The van der Waals surface area contributed by atoms with E-state index in [0.29, 0.717) is 11.4 Å². The Hall–Kier alpha value is -1.38. The Kier molecular flexibility index (Phi) is 3.69. The zero-order valence-electron chi connectivity index (χ0n) is 9.22. The van der Waals surface area contributed by atoms with Crippen LogP contribution in [0.15, 0.2) is 39.8 Å². The summed E-state index contributed by atoms with van der Waals surface area (Å²) in [6.07, 6.45) is 1.49. The van der Waals surface area contributed by atoms with Gasteiger partial charge in [0.15, 0.2) is 0 Å². The SMILES string of the molecule is Nc1[nH]ncc1CNS(=O)(=O)c1ccc(Br)cc1. The molecule has 6 nitrogen and oxygen atoms in total. The summed E-state index contributed by atoms with van der Waals surface area (Å²) < 4.78 is 27.2. The van der Waals surface area contributed by atoms with Gasteiger partial charge in [-0.05, 0) is 24.3 Å². The lowest BCUT2D eigenvalue weighted by Gasteiger charge is -2.06. The van der Waals surface area contributed by atoms with E-state index in [1.54, 1.807) is 12.1 Å². The first-order valence-electron chi connectivity index (χ1n) is 5.02. The minimum Gasteiger partial charge on any atom is -0.384 e. The second-order valence-corrected chi connectivity index (χ2v) is 6.27. The van der Waals surface area contributed by atoms with E-state index < -0.39 is 10.0 Å². The summed E-state index contributed by atoms with van der Waals surface area (Å²) in [6, 6.07) is 6.37. The van der Waals surface area contributed by atoms with Gasteiger partial charge in [-0.15, -0.1) is 0 Å². The number of aromatic amines is 1. The molecule has 0 bridgehead atoms. The highest BCUT2D eigenvalue weighted by molar-refractivity contribution is 9.10. The van der Waals surface area contributed by atoms with Crippen molar-refractivity contribution >= 4 is 31.8 Å². The van der Waals surface area contributed by atoms with Crippen molar-refractivity contribution in [3.63, 3.8) is 0 Å². The van der Waals surface area contributed by atoms with Crippen molar-refractivity contribution < 1.29 is 8.42 Å². The Labute approximate surface area is 113 Å². The van der Waals surface area contributed by atoms with Crippen molar-refractivity contribution in [2.75, 3.05) is 5.73 Å². The first-order valence-corrected chi connectivity index (χ1v) is 7.29. The molecule has 0 unspecified atom stereocenters. The Morgan fingerprint density at radius 2 is 2.00 bits per heavy atom. The van der Waals surface area contributed by atoms with Gasteiger partial charge in [-0.1, -0.05) is 15.9 Å². The van der Waals surface area contributed by atoms with E-state index >= 15 is 0 Å². The molecule has 8 heteroatoms. The molecule has 1 aromatic heterocycles. The van der Waals surface area contributed by atoms with Gasteiger partial charge in [0.25, 0.3) is 0 Å². The summed E-state index contributed by atoms with van der Waals surface area (Å²) in [7, 11) is -3.54. The number of nitrogen functional groups attached to an aromatic ring is 1. The summed E-state index contributed by atoms with van der Waals surface area (Å²) in [5, 5.41) is 6.25. The van der Waals surface area contributed by atoms with Gasteiger partial charge in [-0.2, -0.15) is 5.10 Å². The molecule has 0 radical (unpaired) electrons. The molecular weight excluding hydrogens is 320 g/mol. The second-order valence-electron chi connectivity index (χ2n) is 3.59. The number of H-pyrrole nitrogens is 1. The minimum atomic E-state index is -3.54. The van der Waals surface area contributed by atoms with Crippen LogP contribution in [0, 0.1) is 0 Å². The first kappa shape index (κ1) is 13.1. The third kappa shape index (κ3) is 2.89. The molecular formula is C10H11BrN4O2S. The van der Waals surface area contributed by atoms with Gasteiger partial charge >= 0.3 is 0 Å². The fourth-order valence-corrected chi connectivity index (χ4v) is 2.60. The van der Waals surface area contributed by atoms with E-state index in [9.17, 15) is 8.42 Å². The lowest BCUT2D eigenvalue weighted by molar-refractivity contribution is 0.581. The van der Waals surface area contributed by atoms with Crippen LogP contribution in [-0.2, 0) is 16.6 Å². The van der Waals surface area contributed by atoms with Crippen LogP contribution in [-0.4, -0.2) is 18.6 Å². The molecule has 0 saturated heterocycles. The summed E-state index contributed by atoms with van der Waals surface area (Å²) >= 11 is 3.25. The van der Waals surface area contributed by atoms with Crippen LogP contribution in [0.2, 0.25) is 0 Å². The molecule has 0 aliphatic carbocycles. The van der Waals surface area contributed by atoms with Gasteiger partial charge in [0.05, 0.1) is 11.1 Å². The summed E-state index contributed by atoms with van der Waals surface area (Å²) in [6.45, 7) is 0.0979. The molecule has 1 aromatic carbocycles. The topological polar surface area (TPSA) is 101 Å². The van der Waals surface area contributed by atoms with Crippen LogP contribution in [0.4, 0.5) is 5.82 Å². The smallest absolute Gasteiger partial charge is 0.240 e. The Bertz CT molecular complexity index is 636. The van der Waals surface area contributed by atoms with Crippen LogP contribution >= 0.6 is 15.9 Å². The largest absolute Gasteiger partial charge is 0.384 e. The number of nitrogens with two attached hydrogens (primary N) is 1. The normalized spacial score (nSPS) is 11.6.